The van der Waals surface area contributed by atoms with E-state index in [0.29, 0.717) is 17.1 Å². The van der Waals surface area contributed by atoms with E-state index >= 15 is 0 Å². The normalized spacial score (nSPS) is 13.8. The number of carboxylic acid groups (broad SMARTS) is 1. The number of methoxy groups -OCH3 is 2. The Hall–Kier alpha value is -1.79. The quantitative estimate of drug-likeness (QED) is 0.685. The van der Waals surface area contributed by atoms with E-state index < -0.39 is 18.1 Å². The number of benzene rings is 1. The molecule has 1 rings (SSSR count). The second kappa shape index (κ2) is 6.23. The number of nitrogens with two attached hydrogens (primary N) is 1. The van der Waals surface area contributed by atoms with E-state index in [-0.39, 0.29) is 6.42 Å². The van der Waals surface area contributed by atoms with Gasteiger partial charge in [0.15, 0.2) is 11.5 Å². The first-order chi connectivity index (χ1) is 8.49. The van der Waals surface area contributed by atoms with Crippen LogP contribution in [0.2, 0.25) is 0 Å². The third kappa shape index (κ3) is 3.35. The van der Waals surface area contributed by atoms with Gasteiger partial charge >= 0.3 is 5.97 Å². The summed E-state index contributed by atoms with van der Waals surface area (Å²) in [4.78, 5) is 10.5. The Morgan fingerprint density at radius 1 is 1.33 bits per heavy atom. The lowest BCUT2D eigenvalue weighted by Gasteiger charge is -2.18. The molecule has 6 heteroatoms. The molecule has 0 aliphatic heterocycles. The maximum Gasteiger partial charge on any atom is 0.305 e. The predicted octanol–water partition coefficient (Wildman–Crippen LogP) is 0.539. The van der Waals surface area contributed by atoms with Gasteiger partial charge in [0.1, 0.15) is 0 Å². The molecule has 0 aliphatic rings. The van der Waals surface area contributed by atoms with Gasteiger partial charge in [-0.15, -0.1) is 0 Å². The summed E-state index contributed by atoms with van der Waals surface area (Å²) in [5, 5.41) is 18.6. The van der Waals surface area contributed by atoms with Gasteiger partial charge in [-0.3, -0.25) is 4.79 Å². The van der Waals surface area contributed by atoms with Crippen LogP contribution < -0.4 is 15.2 Å². The summed E-state index contributed by atoms with van der Waals surface area (Å²) in [5.41, 5.74) is 6.10. The van der Waals surface area contributed by atoms with Crippen LogP contribution in [-0.2, 0) is 4.79 Å². The van der Waals surface area contributed by atoms with Crippen molar-refractivity contribution < 1.29 is 24.5 Å². The van der Waals surface area contributed by atoms with E-state index in [2.05, 4.69) is 0 Å². The lowest BCUT2D eigenvalue weighted by atomic mass is 10.00. The van der Waals surface area contributed by atoms with Crippen LogP contribution in [0.5, 0.6) is 11.5 Å². The van der Waals surface area contributed by atoms with Crippen molar-refractivity contribution >= 4 is 5.97 Å². The van der Waals surface area contributed by atoms with Crippen LogP contribution in [0, 0.1) is 0 Å². The van der Waals surface area contributed by atoms with Crippen LogP contribution in [0.1, 0.15) is 18.1 Å². The zero-order valence-electron chi connectivity index (χ0n) is 10.3. The first kappa shape index (κ1) is 14.3. The summed E-state index contributed by atoms with van der Waals surface area (Å²) in [6.45, 7) is 0. The highest BCUT2D eigenvalue weighted by atomic mass is 16.5. The molecule has 0 spiro atoms. The lowest BCUT2D eigenvalue weighted by Crippen LogP contribution is -2.30. The maximum atomic E-state index is 10.5. The summed E-state index contributed by atoms with van der Waals surface area (Å²) < 4.78 is 10.2. The maximum absolute atomic E-state index is 10.5. The van der Waals surface area contributed by atoms with Crippen LogP contribution >= 0.6 is 0 Å². The molecule has 0 fully saturated rings. The molecule has 0 aromatic heterocycles. The minimum atomic E-state index is -1.07. The SMILES string of the molecule is COc1ccc(C(O)C(N)CC(=O)O)cc1OC. The number of carbonyl (C=O) groups is 1. The third-order valence-corrected chi connectivity index (χ3v) is 2.56. The Kier molecular flexibility index (Phi) is 4.94. The molecule has 0 aliphatic carbocycles. The van der Waals surface area contributed by atoms with E-state index in [1.54, 1.807) is 18.2 Å². The molecular formula is C12H17NO5. The molecule has 0 saturated carbocycles. The smallest absolute Gasteiger partial charge is 0.305 e. The summed E-state index contributed by atoms with van der Waals surface area (Å²) in [5.74, 6) is -0.0705. The summed E-state index contributed by atoms with van der Waals surface area (Å²) in [7, 11) is 2.98. The summed E-state index contributed by atoms with van der Waals surface area (Å²) in [6, 6.07) is 3.95. The van der Waals surface area contributed by atoms with E-state index in [4.69, 9.17) is 20.3 Å². The molecule has 1 aromatic rings. The van der Waals surface area contributed by atoms with Crippen molar-refractivity contribution in [2.45, 2.75) is 18.6 Å². The van der Waals surface area contributed by atoms with Gasteiger partial charge in [0.05, 0.1) is 26.7 Å². The average Bonchev–Trinajstić information content (AvgIpc) is 2.36. The molecule has 2 atom stereocenters. The van der Waals surface area contributed by atoms with Gasteiger partial charge in [-0.1, -0.05) is 6.07 Å². The van der Waals surface area contributed by atoms with Crippen molar-refractivity contribution in [2.24, 2.45) is 5.73 Å². The van der Waals surface area contributed by atoms with Gasteiger partial charge in [0, 0.05) is 6.04 Å². The fraction of sp³-hybridized carbons (Fsp3) is 0.417. The molecule has 100 valence electrons. The number of ether oxygens (including phenoxy) is 2. The Morgan fingerprint density at radius 2 is 1.94 bits per heavy atom. The molecular weight excluding hydrogens is 238 g/mol. The molecule has 0 radical (unpaired) electrons. The number of aliphatic carboxylic acids is 1. The van der Waals surface area contributed by atoms with Crippen LogP contribution in [0.3, 0.4) is 0 Å². The largest absolute Gasteiger partial charge is 0.493 e. The number of carboxylic acids is 1. The molecule has 2 unspecified atom stereocenters. The lowest BCUT2D eigenvalue weighted by molar-refractivity contribution is -0.138. The highest BCUT2D eigenvalue weighted by Crippen LogP contribution is 2.30. The summed E-state index contributed by atoms with van der Waals surface area (Å²) >= 11 is 0. The zero-order chi connectivity index (χ0) is 13.7. The fourth-order valence-electron chi connectivity index (χ4n) is 1.60. The van der Waals surface area contributed by atoms with E-state index in [1.807, 2.05) is 0 Å². The fourth-order valence-corrected chi connectivity index (χ4v) is 1.60. The number of hydrogen-bond donors (Lipinski definition) is 3. The Labute approximate surface area is 105 Å². The molecule has 4 N–H and O–H groups in total. The van der Waals surface area contributed by atoms with Gasteiger partial charge in [0.25, 0.3) is 0 Å². The van der Waals surface area contributed by atoms with Gasteiger partial charge in [-0.25, -0.2) is 0 Å². The molecule has 0 bridgehead atoms. The minimum Gasteiger partial charge on any atom is -0.493 e. The Bertz CT molecular complexity index is 421. The average molecular weight is 255 g/mol. The molecule has 0 heterocycles. The molecule has 0 amide bonds. The monoisotopic (exact) mass is 255 g/mol. The highest BCUT2D eigenvalue weighted by Gasteiger charge is 2.21. The van der Waals surface area contributed by atoms with Crippen LogP contribution in [0.25, 0.3) is 0 Å². The second-order valence-corrected chi connectivity index (χ2v) is 3.82. The molecule has 18 heavy (non-hydrogen) atoms. The second-order valence-electron chi connectivity index (χ2n) is 3.82. The molecule has 6 nitrogen and oxygen atoms in total. The topological polar surface area (TPSA) is 102 Å². The van der Waals surface area contributed by atoms with Crippen LogP contribution in [0.15, 0.2) is 18.2 Å². The molecule has 1 aromatic carbocycles. The standard InChI is InChI=1S/C12H17NO5/c1-17-9-4-3-7(5-10(9)18-2)12(16)8(13)6-11(14)15/h3-5,8,12,16H,6,13H2,1-2H3,(H,14,15). The Balaban J connectivity index is 2.92. The van der Waals surface area contributed by atoms with Crippen molar-refractivity contribution in [3.05, 3.63) is 23.8 Å². The van der Waals surface area contributed by atoms with E-state index in [9.17, 15) is 9.90 Å². The van der Waals surface area contributed by atoms with Gasteiger partial charge in [0.2, 0.25) is 0 Å². The first-order valence-electron chi connectivity index (χ1n) is 5.37. The van der Waals surface area contributed by atoms with E-state index in [0.717, 1.165) is 0 Å². The number of hydrogen-bond acceptors (Lipinski definition) is 5. The first-order valence-corrected chi connectivity index (χ1v) is 5.37. The third-order valence-electron chi connectivity index (χ3n) is 2.56. The predicted molar refractivity (Wildman–Crippen MR) is 64.7 cm³/mol. The van der Waals surface area contributed by atoms with Crippen molar-refractivity contribution in [2.75, 3.05) is 14.2 Å². The van der Waals surface area contributed by atoms with Crippen molar-refractivity contribution in [1.82, 2.24) is 0 Å². The Morgan fingerprint density at radius 3 is 2.44 bits per heavy atom. The van der Waals surface area contributed by atoms with Crippen molar-refractivity contribution in [1.29, 1.82) is 0 Å². The zero-order valence-corrected chi connectivity index (χ0v) is 10.3. The van der Waals surface area contributed by atoms with Crippen molar-refractivity contribution in [3.8, 4) is 11.5 Å². The number of rotatable bonds is 6. The van der Waals surface area contributed by atoms with Crippen LogP contribution in [0.4, 0.5) is 0 Å². The van der Waals surface area contributed by atoms with Gasteiger partial charge in [-0.05, 0) is 17.7 Å². The van der Waals surface area contributed by atoms with Crippen molar-refractivity contribution in [3.63, 3.8) is 0 Å². The van der Waals surface area contributed by atoms with E-state index in [1.165, 1.54) is 14.2 Å². The number of aliphatic hydroxyl groups excluding tert-OH is 1. The number of aliphatic hydroxyl groups is 1. The minimum absolute atomic E-state index is 0.310. The van der Waals surface area contributed by atoms with Gasteiger partial charge < -0.3 is 25.4 Å². The summed E-state index contributed by atoms with van der Waals surface area (Å²) in [6.07, 6.45) is -1.38. The highest BCUT2D eigenvalue weighted by molar-refractivity contribution is 5.67. The van der Waals surface area contributed by atoms with Gasteiger partial charge in [-0.2, -0.15) is 0 Å². The molecule has 0 saturated heterocycles. The van der Waals surface area contributed by atoms with Crippen LogP contribution in [-0.4, -0.2) is 36.4 Å².